The minimum atomic E-state index is 0.814. The molecule has 1 heterocycles. The third-order valence-electron chi connectivity index (χ3n) is 3.52. The van der Waals surface area contributed by atoms with Gasteiger partial charge in [0.1, 0.15) is 5.75 Å². The lowest BCUT2D eigenvalue weighted by Crippen LogP contribution is -2.18. The van der Waals surface area contributed by atoms with Crippen molar-refractivity contribution in [2.75, 3.05) is 13.7 Å². The number of aromatic nitrogens is 2. The van der Waals surface area contributed by atoms with Crippen molar-refractivity contribution >= 4 is 15.9 Å². The molecule has 0 fully saturated rings. The quantitative estimate of drug-likeness (QED) is 0.779. The first kappa shape index (κ1) is 16.0. The van der Waals surface area contributed by atoms with Crippen LogP contribution >= 0.6 is 15.9 Å². The molecule has 21 heavy (non-hydrogen) atoms. The lowest BCUT2D eigenvalue weighted by atomic mass is 10.1. The van der Waals surface area contributed by atoms with Gasteiger partial charge in [0, 0.05) is 13.6 Å². The van der Waals surface area contributed by atoms with Crippen molar-refractivity contribution in [2.24, 2.45) is 7.05 Å². The summed E-state index contributed by atoms with van der Waals surface area (Å²) in [5.74, 6) is 0.912. The molecule has 1 aromatic heterocycles. The average molecular weight is 352 g/mol. The minimum absolute atomic E-state index is 0.814. The monoisotopic (exact) mass is 351 g/mol. The number of ether oxygens (including phenoxy) is 1. The van der Waals surface area contributed by atoms with E-state index in [0.29, 0.717) is 0 Å². The molecule has 4 nitrogen and oxygen atoms in total. The van der Waals surface area contributed by atoms with Crippen LogP contribution < -0.4 is 10.1 Å². The van der Waals surface area contributed by atoms with Crippen LogP contribution in [0.25, 0.3) is 0 Å². The van der Waals surface area contributed by atoms with Gasteiger partial charge in [-0.3, -0.25) is 4.68 Å². The van der Waals surface area contributed by atoms with Crippen molar-refractivity contribution in [1.82, 2.24) is 15.1 Å². The highest BCUT2D eigenvalue weighted by molar-refractivity contribution is 9.10. The maximum atomic E-state index is 5.24. The Bertz CT molecular complexity index is 595. The Kier molecular flexibility index (Phi) is 5.82. The van der Waals surface area contributed by atoms with E-state index in [1.165, 1.54) is 11.3 Å². The second-order valence-corrected chi connectivity index (χ2v) is 5.76. The molecular weight excluding hydrogens is 330 g/mol. The van der Waals surface area contributed by atoms with Crippen molar-refractivity contribution < 1.29 is 4.74 Å². The highest BCUT2D eigenvalue weighted by Gasteiger charge is 2.11. The number of halogens is 1. The Balaban J connectivity index is 1.86. The molecule has 1 aromatic carbocycles. The molecule has 2 aromatic rings. The number of hydrogen-bond donors (Lipinski definition) is 1. The van der Waals surface area contributed by atoms with E-state index < -0.39 is 0 Å². The van der Waals surface area contributed by atoms with Gasteiger partial charge in [-0.1, -0.05) is 19.1 Å². The van der Waals surface area contributed by atoms with Crippen LogP contribution in [0.4, 0.5) is 0 Å². The highest BCUT2D eigenvalue weighted by atomic mass is 79.9. The first-order valence-electron chi connectivity index (χ1n) is 7.19. The fourth-order valence-corrected chi connectivity index (χ4v) is 3.04. The Morgan fingerprint density at radius 1 is 1.38 bits per heavy atom. The molecular formula is C16H22BrN3O. The van der Waals surface area contributed by atoms with Gasteiger partial charge < -0.3 is 10.1 Å². The molecule has 0 amide bonds. The fourth-order valence-electron chi connectivity index (χ4n) is 2.28. The predicted octanol–water partition coefficient (Wildman–Crippen LogP) is 3.09. The molecule has 0 aliphatic heterocycles. The van der Waals surface area contributed by atoms with Gasteiger partial charge in [0.2, 0.25) is 0 Å². The largest absolute Gasteiger partial charge is 0.497 e. The molecule has 5 heteroatoms. The summed E-state index contributed by atoms with van der Waals surface area (Å²) in [6, 6.07) is 8.20. The van der Waals surface area contributed by atoms with Crippen LogP contribution in [0.5, 0.6) is 5.75 Å². The topological polar surface area (TPSA) is 39.1 Å². The van der Waals surface area contributed by atoms with Gasteiger partial charge in [-0.2, -0.15) is 5.10 Å². The third-order valence-corrected chi connectivity index (χ3v) is 4.44. The summed E-state index contributed by atoms with van der Waals surface area (Å²) >= 11 is 3.64. The van der Waals surface area contributed by atoms with E-state index in [-0.39, 0.29) is 0 Å². The molecule has 2 rings (SSSR count). The molecule has 114 valence electrons. The molecule has 0 spiro atoms. The Morgan fingerprint density at radius 2 is 2.19 bits per heavy atom. The summed E-state index contributed by atoms with van der Waals surface area (Å²) in [4.78, 5) is 0. The third kappa shape index (κ3) is 4.08. The maximum absolute atomic E-state index is 5.24. The highest BCUT2D eigenvalue weighted by Crippen LogP contribution is 2.21. The van der Waals surface area contributed by atoms with Gasteiger partial charge in [0.25, 0.3) is 0 Å². The van der Waals surface area contributed by atoms with Crippen LogP contribution in [0.15, 0.2) is 28.7 Å². The van der Waals surface area contributed by atoms with Crippen LogP contribution in [0.1, 0.15) is 23.9 Å². The van der Waals surface area contributed by atoms with Crippen LogP contribution in [-0.2, 0) is 26.4 Å². The van der Waals surface area contributed by atoms with E-state index in [9.17, 15) is 0 Å². The normalized spacial score (nSPS) is 10.9. The van der Waals surface area contributed by atoms with E-state index in [1.54, 1.807) is 7.11 Å². The van der Waals surface area contributed by atoms with Crippen molar-refractivity contribution in [3.63, 3.8) is 0 Å². The van der Waals surface area contributed by atoms with Gasteiger partial charge in [-0.15, -0.1) is 0 Å². The fraction of sp³-hybridized carbons (Fsp3) is 0.438. The van der Waals surface area contributed by atoms with Crippen LogP contribution in [0.2, 0.25) is 0 Å². The number of aryl methyl sites for hydroxylation is 2. The number of nitrogens with one attached hydrogen (secondary N) is 1. The van der Waals surface area contributed by atoms with Crippen LogP contribution in [0.3, 0.4) is 0 Å². The Morgan fingerprint density at radius 3 is 2.86 bits per heavy atom. The van der Waals surface area contributed by atoms with Crippen LogP contribution in [0, 0.1) is 0 Å². The molecule has 0 bridgehead atoms. The molecule has 0 saturated carbocycles. The van der Waals surface area contributed by atoms with E-state index in [2.05, 4.69) is 45.4 Å². The van der Waals surface area contributed by atoms with Gasteiger partial charge in [-0.25, -0.2) is 0 Å². The minimum Gasteiger partial charge on any atom is -0.497 e. The number of benzene rings is 1. The number of rotatable bonds is 7. The molecule has 1 N–H and O–H groups in total. The summed E-state index contributed by atoms with van der Waals surface area (Å²) in [6.45, 7) is 3.85. The lowest BCUT2D eigenvalue weighted by Gasteiger charge is -2.07. The summed E-state index contributed by atoms with van der Waals surface area (Å²) in [5.41, 5.74) is 3.58. The SMILES string of the molecule is CCc1nn(C)c(CNCCc2cccc(OC)c2)c1Br. The molecule has 0 aliphatic rings. The van der Waals surface area contributed by atoms with Crippen LogP contribution in [-0.4, -0.2) is 23.4 Å². The van der Waals surface area contributed by atoms with Gasteiger partial charge in [0.05, 0.1) is 23.0 Å². The molecule has 0 aliphatic carbocycles. The maximum Gasteiger partial charge on any atom is 0.119 e. The standard InChI is InChI=1S/C16H22BrN3O/c1-4-14-16(17)15(20(2)19-14)11-18-9-8-12-6-5-7-13(10-12)21-3/h5-7,10,18H,4,8-9,11H2,1-3H3. The molecule has 0 unspecified atom stereocenters. The summed E-state index contributed by atoms with van der Waals surface area (Å²) in [5, 5.41) is 7.98. The van der Waals surface area contributed by atoms with E-state index in [0.717, 1.165) is 41.8 Å². The van der Waals surface area contributed by atoms with Crippen molar-refractivity contribution in [3.05, 3.63) is 45.7 Å². The predicted molar refractivity (Wildman–Crippen MR) is 88.7 cm³/mol. The summed E-state index contributed by atoms with van der Waals surface area (Å²) in [6.07, 6.45) is 1.92. The molecule has 0 atom stereocenters. The van der Waals surface area contributed by atoms with Gasteiger partial charge >= 0.3 is 0 Å². The summed E-state index contributed by atoms with van der Waals surface area (Å²) < 4.78 is 8.31. The first-order chi connectivity index (χ1) is 10.2. The molecule has 0 radical (unpaired) electrons. The zero-order valence-corrected chi connectivity index (χ0v) is 14.4. The molecule has 0 saturated heterocycles. The zero-order valence-electron chi connectivity index (χ0n) is 12.8. The van der Waals surface area contributed by atoms with E-state index in [1.807, 2.05) is 23.9 Å². The second kappa shape index (κ2) is 7.61. The van der Waals surface area contributed by atoms with Gasteiger partial charge in [0.15, 0.2) is 0 Å². The number of methoxy groups -OCH3 is 1. The van der Waals surface area contributed by atoms with Crippen molar-refractivity contribution in [3.8, 4) is 5.75 Å². The smallest absolute Gasteiger partial charge is 0.119 e. The lowest BCUT2D eigenvalue weighted by molar-refractivity contribution is 0.414. The van der Waals surface area contributed by atoms with E-state index in [4.69, 9.17) is 4.74 Å². The van der Waals surface area contributed by atoms with Crippen molar-refractivity contribution in [2.45, 2.75) is 26.3 Å². The Hall–Kier alpha value is -1.33. The Labute approximate surface area is 134 Å². The second-order valence-electron chi connectivity index (χ2n) is 4.96. The summed E-state index contributed by atoms with van der Waals surface area (Å²) in [7, 11) is 3.69. The zero-order chi connectivity index (χ0) is 15.2. The number of nitrogens with zero attached hydrogens (tertiary/aromatic N) is 2. The van der Waals surface area contributed by atoms with Crippen molar-refractivity contribution in [1.29, 1.82) is 0 Å². The number of hydrogen-bond acceptors (Lipinski definition) is 3. The van der Waals surface area contributed by atoms with Gasteiger partial charge in [-0.05, 0) is 53.0 Å². The average Bonchev–Trinajstić information content (AvgIpc) is 2.78. The van der Waals surface area contributed by atoms with E-state index >= 15 is 0 Å². The first-order valence-corrected chi connectivity index (χ1v) is 7.99.